The van der Waals surface area contributed by atoms with E-state index in [2.05, 4.69) is 0 Å². The number of carbonyl (C=O) groups excluding carboxylic acids is 5. The van der Waals surface area contributed by atoms with Crippen LogP contribution < -0.4 is 0 Å². The van der Waals surface area contributed by atoms with Gasteiger partial charge in [0.25, 0.3) is 11.7 Å². The number of amides is 1. The molecule has 4 rings (SSSR count). The Morgan fingerprint density at radius 1 is 0.853 bits per heavy atom. The number of piperidine rings is 1. The highest BCUT2D eigenvalue weighted by molar-refractivity contribution is 6.39. The van der Waals surface area contributed by atoms with E-state index in [4.69, 9.17) is 28.4 Å². The van der Waals surface area contributed by atoms with Gasteiger partial charge in [0.1, 0.15) is 30.1 Å². The standard InChI is InChI=1S/C53H83NO14/c1-32-16-12-11-13-17-33(2)44(63-8)30-40-21-19-38(7)53(62,68-40)50(59)51(60)54-23-15-14-18-41(54)52(61)67-45(35(4)28-39-20-22-43(66-25-24-55)46(29-39)64-9)31-42(56)34(3)27-37(6)48(58)49(65-10)47(57)36(5)26-32/h11-13,16-17,27,32,34-36,38-41,43-46,48-49,55,58,62H,14-15,18-26,28-31H2,1-10H3/b13-11+,16-12+,33-17-,37-27+/t32-,34+,35+,36-,38-,39-,40+,41+,43-,44+,45-,46+,48-,49+,53+/m0/s1. The fourth-order valence-electron chi connectivity index (χ4n) is 10.5. The molecule has 1 saturated carbocycles. The highest BCUT2D eigenvalue weighted by Gasteiger charge is 2.53. The summed E-state index contributed by atoms with van der Waals surface area (Å²) in [7, 11) is 4.58. The van der Waals surface area contributed by atoms with E-state index in [1.807, 2.05) is 58.1 Å². The van der Waals surface area contributed by atoms with Crippen LogP contribution in [0.4, 0.5) is 0 Å². The molecule has 15 heteroatoms. The molecule has 0 aromatic carbocycles. The lowest BCUT2D eigenvalue weighted by atomic mass is 9.78. The molecule has 2 saturated heterocycles. The van der Waals surface area contributed by atoms with Gasteiger partial charge in [-0.15, -0.1) is 0 Å². The molecule has 15 atom stereocenters. The van der Waals surface area contributed by atoms with Crippen LogP contribution in [0, 0.1) is 35.5 Å². The smallest absolute Gasteiger partial charge is 0.329 e. The van der Waals surface area contributed by atoms with Crippen molar-refractivity contribution in [1.29, 1.82) is 0 Å². The molecule has 1 aliphatic carbocycles. The number of Topliss-reactive ketones (excluding diaryl/α,β-unsaturated/α-hetero) is 3. The Morgan fingerprint density at radius 2 is 1.59 bits per heavy atom. The maximum Gasteiger partial charge on any atom is 0.329 e. The van der Waals surface area contributed by atoms with Gasteiger partial charge in [-0.3, -0.25) is 19.2 Å². The number of cyclic esters (lactones) is 1. The molecular formula is C53H83NO14. The molecule has 384 valence electrons. The lowest BCUT2D eigenvalue weighted by Crippen LogP contribution is -2.61. The minimum Gasteiger partial charge on any atom is -0.460 e. The zero-order valence-electron chi connectivity index (χ0n) is 42.4. The number of nitrogens with zero attached hydrogens (tertiary/aromatic N) is 1. The maximum absolute atomic E-state index is 14.5. The van der Waals surface area contributed by atoms with Crippen LogP contribution in [0.5, 0.6) is 0 Å². The summed E-state index contributed by atoms with van der Waals surface area (Å²) in [4.78, 5) is 72.1. The molecule has 0 aromatic rings. The first kappa shape index (κ1) is 57.2. The van der Waals surface area contributed by atoms with Crippen molar-refractivity contribution in [3.63, 3.8) is 0 Å². The van der Waals surface area contributed by atoms with E-state index >= 15 is 0 Å². The number of allylic oxidation sites excluding steroid dienone is 6. The third kappa shape index (κ3) is 15.3. The van der Waals surface area contributed by atoms with Crippen molar-refractivity contribution >= 4 is 29.2 Å². The summed E-state index contributed by atoms with van der Waals surface area (Å²) in [5.74, 6) is -7.96. The minimum atomic E-state index is -2.43. The predicted molar refractivity (Wildman–Crippen MR) is 256 cm³/mol. The van der Waals surface area contributed by atoms with Gasteiger partial charge in [0.05, 0.1) is 37.6 Å². The summed E-state index contributed by atoms with van der Waals surface area (Å²) < 4.78 is 35.6. The predicted octanol–water partition coefficient (Wildman–Crippen LogP) is 6.20. The third-order valence-electron chi connectivity index (χ3n) is 14.9. The second kappa shape index (κ2) is 27.3. The molecule has 68 heavy (non-hydrogen) atoms. The molecule has 3 aliphatic heterocycles. The lowest BCUT2D eigenvalue weighted by molar-refractivity contribution is -0.265. The molecule has 2 bridgehead atoms. The van der Waals surface area contributed by atoms with Crippen LogP contribution in [-0.4, -0.2) is 145 Å². The average molecular weight is 958 g/mol. The summed E-state index contributed by atoms with van der Waals surface area (Å²) in [5.41, 5.74) is 1.26. The fourth-order valence-corrected chi connectivity index (χ4v) is 10.5. The molecule has 3 fully saturated rings. The molecule has 0 unspecified atom stereocenters. The largest absolute Gasteiger partial charge is 0.460 e. The maximum atomic E-state index is 14.5. The summed E-state index contributed by atoms with van der Waals surface area (Å²) >= 11 is 0. The van der Waals surface area contributed by atoms with E-state index in [0.29, 0.717) is 63.4 Å². The van der Waals surface area contributed by atoms with Crippen molar-refractivity contribution in [2.45, 2.75) is 180 Å². The van der Waals surface area contributed by atoms with Gasteiger partial charge in [0.2, 0.25) is 5.79 Å². The van der Waals surface area contributed by atoms with Gasteiger partial charge in [-0.25, -0.2) is 4.79 Å². The Kier molecular flexibility index (Phi) is 22.9. The second-order valence-electron chi connectivity index (χ2n) is 20.2. The lowest BCUT2D eigenvalue weighted by Gasteiger charge is -2.42. The third-order valence-corrected chi connectivity index (χ3v) is 14.9. The highest BCUT2D eigenvalue weighted by atomic mass is 16.6. The quantitative estimate of drug-likeness (QED) is 0.134. The number of esters is 1. The van der Waals surface area contributed by atoms with Crippen LogP contribution >= 0.6 is 0 Å². The number of hydrogen-bond acceptors (Lipinski definition) is 14. The minimum absolute atomic E-state index is 0.0158. The van der Waals surface area contributed by atoms with Gasteiger partial charge in [-0.1, -0.05) is 71.1 Å². The SMILES string of the molecule is CO[C@@H]1C(=O)[C@@H](C)C[C@@H](C)/C=C/C=C/C=C(/C)[C@H](OC)C[C@H]2CC[C@H](C)[C@@](O)(O2)C(=O)C(=O)N2CCCC[C@@H]2C(=O)O[C@H]([C@H](C)C[C@@H]2CC[C@H](OCCO)[C@H](OC)C2)CC(=O)[C@H](C)/C=C(\C)[C@@H]1O. The Balaban J connectivity index is 1.70. The number of methoxy groups -OCH3 is 3. The molecule has 1 amide bonds. The van der Waals surface area contributed by atoms with Gasteiger partial charge in [0, 0.05) is 58.5 Å². The van der Waals surface area contributed by atoms with Crippen LogP contribution in [0.3, 0.4) is 0 Å². The Bertz CT molecular complexity index is 1810. The van der Waals surface area contributed by atoms with Crippen LogP contribution in [0.15, 0.2) is 47.6 Å². The summed E-state index contributed by atoms with van der Waals surface area (Å²) in [6.45, 7) is 12.9. The van der Waals surface area contributed by atoms with Crippen molar-refractivity contribution in [3.05, 3.63) is 47.6 Å². The zero-order valence-corrected chi connectivity index (χ0v) is 42.4. The molecule has 3 N–H and O–H groups in total. The molecule has 0 radical (unpaired) electrons. The van der Waals surface area contributed by atoms with E-state index in [1.165, 1.54) is 12.0 Å². The van der Waals surface area contributed by atoms with Crippen molar-refractivity contribution in [2.24, 2.45) is 35.5 Å². The Hall–Kier alpha value is -3.41. The van der Waals surface area contributed by atoms with Crippen molar-refractivity contribution in [2.75, 3.05) is 41.1 Å². The first-order valence-corrected chi connectivity index (χ1v) is 25.0. The molecule has 0 aromatic heterocycles. The topological polar surface area (TPSA) is 205 Å². The second-order valence-corrected chi connectivity index (χ2v) is 20.2. The van der Waals surface area contributed by atoms with Crippen LogP contribution in [-0.2, 0) is 52.4 Å². The average Bonchev–Trinajstić information content (AvgIpc) is 3.32. The van der Waals surface area contributed by atoms with Crippen molar-refractivity contribution in [1.82, 2.24) is 4.90 Å². The molecule has 0 spiro atoms. The van der Waals surface area contributed by atoms with Crippen molar-refractivity contribution < 1.29 is 67.7 Å². The van der Waals surface area contributed by atoms with Crippen molar-refractivity contribution in [3.8, 4) is 0 Å². The van der Waals surface area contributed by atoms with E-state index < -0.39 is 77.8 Å². The van der Waals surface area contributed by atoms with Crippen LogP contribution in [0.1, 0.15) is 126 Å². The van der Waals surface area contributed by atoms with Gasteiger partial charge >= 0.3 is 5.97 Å². The monoisotopic (exact) mass is 958 g/mol. The number of fused-ring (bicyclic) bond motifs is 3. The normalized spacial score (nSPS) is 39.2. The number of ketones is 3. The highest BCUT2D eigenvalue weighted by Crippen LogP contribution is 2.38. The van der Waals surface area contributed by atoms with E-state index in [-0.39, 0.29) is 74.1 Å². The van der Waals surface area contributed by atoms with Crippen LogP contribution in [0.2, 0.25) is 0 Å². The van der Waals surface area contributed by atoms with Gasteiger partial charge in [0.15, 0.2) is 5.78 Å². The van der Waals surface area contributed by atoms with Gasteiger partial charge in [-0.2, -0.15) is 0 Å². The molecule has 3 heterocycles. The van der Waals surface area contributed by atoms with Crippen LogP contribution in [0.25, 0.3) is 0 Å². The first-order valence-electron chi connectivity index (χ1n) is 25.0. The first-order chi connectivity index (χ1) is 32.3. The summed E-state index contributed by atoms with van der Waals surface area (Å²) in [6.07, 6.45) is 12.0. The number of aliphatic hydroxyl groups is 3. The molecular weight excluding hydrogens is 875 g/mol. The van der Waals surface area contributed by atoms with Gasteiger partial charge < -0.3 is 48.6 Å². The summed E-state index contributed by atoms with van der Waals surface area (Å²) in [6, 6.07) is -1.14. The Labute approximate surface area is 405 Å². The number of ether oxygens (including phenoxy) is 6. The number of hydrogen-bond donors (Lipinski definition) is 3. The number of rotatable bonds is 9. The molecule has 4 aliphatic rings. The van der Waals surface area contributed by atoms with E-state index in [1.54, 1.807) is 41.1 Å². The van der Waals surface area contributed by atoms with E-state index in [0.717, 1.165) is 12.0 Å². The number of aliphatic hydroxyl groups excluding tert-OH is 2. The fraction of sp³-hybridized carbons (Fsp3) is 0.755. The summed E-state index contributed by atoms with van der Waals surface area (Å²) in [5, 5.41) is 32.8. The molecule has 15 nitrogen and oxygen atoms in total. The zero-order chi connectivity index (χ0) is 50.3. The Morgan fingerprint density at radius 3 is 2.26 bits per heavy atom. The number of carbonyl (C=O) groups is 5. The van der Waals surface area contributed by atoms with Gasteiger partial charge in [-0.05, 0) is 107 Å². The van der Waals surface area contributed by atoms with E-state index in [9.17, 15) is 39.3 Å².